The van der Waals surface area contributed by atoms with Gasteiger partial charge in [0.15, 0.2) is 5.69 Å². The van der Waals surface area contributed by atoms with Crippen LogP contribution in [0.15, 0.2) is 59.9 Å². The number of aliphatic imine (C=N–C) groups is 1. The zero-order chi connectivity index (χ0) is 21.6. The van der Waals surface area contributed by atoms with Gasteiger partial charge in [0.1, 0.15) is 6.33 Å². The molecule has 0 atom stereocenters. The highest BCUT2D eigenvalue weighted by molar-refractivity contribution is 6.15. The first kappa shape index (κ1) is 20.6. The predicted octanol–water partition coefficient (Wildman–Crippen LogP) is 3.36. The van der Waals surface area contributed by atoms with Gasteiger partial charge in [0.2, 0.25) is 0 Å². The van der Waals surface area contributed by atoms with Crippen molar-refractivity contribution in [2.45, 2.75) is 19.9 Å². The minimum absolute atomic E-state index is 0.228. The van der Waals surface area contributed by atoms with E-state index in [2.05, 4.69) is 16.2 Å². The topological polar surface area (TPSA) is 68.5 Å². The molecule has 156 valence electrons. The van der Waals surface area contributed by atoms with E-state index in [1.165, 1.54) is 0 Å². The summed E-state index contributed by atoms with van der Waals surface area (Å²) in [5.41, 5.74) is 5.54. The maximum absolute atomic E-state index is 12.8. The van der Waals surface area contributed by atoms with E-state index in [4.69, 9.17) is 16.2 Å². The number of nitrogens with one attached hydrogen (secondary N) is 1. The Bertz CT molecular complexity index is 1160. The average Bonchev–Trinajstić information content (AvgIpc) is 3.16. The van der Waals surface area contributed by atoms with Crippen molar-refractivity contribution in [1.82, 2.24) is 14.9 Å². The van der Waals surface area contributed by atoms with Crippen LogP contribution in [0.2, 0.25) is 0 Å². The van der Waals surface area contributed by atoms with Gasteiger partial charge in [-0.15, -0.1) is 6.42 Å². The van der Waals surface area contributed by atoms with E-state index in [1.54, 1.807) is 6.33 Å². The summed E-state index contributed by atoms with van der Waals surface area (Å²) in [5, 5.41) is 2.88. The third-order valence-corrected chi connectivity index (χ3v) is 5.07. The molecule has 0 aliphatic carbocycles. The molecule has 0 saturated heterocycles. The molecule has 0 saturated carbocycles. The lowest BCUT2D eigenvalue weighted by Gasteiger charge is -2.12. The lowest BCUT2D eigenvalue weighted by atomic mass is 9.98. The Morgan fingerprint density at radius 2 is 2.06 bits per heavy atom. The van der Waals surface area contributed by atoms with Gasteiger partial charge >= 0.3 is 0 Å². The quantitative estimate of drug-likeness (QED) is 0.478. The van der Waals surface area contributed by atoms with Crippen molar-refractivity contribution in [3.63, 3.8) is 0 Å². The van der Waals surface area contributed by atoms with Crippen LogP contribution in [-0.2, 0) is 11.3 Å². The smallest absolute Gasteiger partial charge is 0.271 e. The molecule has 31 heavy (non-hydrogen) atoms. The SMILES string of the molecule is C#Cc1ccc2c(c1)C(c1ccccc1)=NCc1c(C(=O)NCCOCCC)ncn1-2. The van der Waals surface area contributed by atoms with Crippen molar-refractivity contribution < 1.29 is 9.53 Å². The lowest BCUT2D eigenvalue weighted by Crippen LogP contribution is -2.28. The van der Waals surface area contributed by atoms with Crippen molar-refractivity contribution in [2.24, 2.45) is 4.99 Å². The minimum atomic E-state index is -0.228. The molecular weight excluding hydrogens is 388 g/mol. The highest BCUT2D eigenvalue weighted by Crippen LogP contribution is 2.27. The van der Waals surface area contributed by atoms with Crippen LogP contribution in [0.4, 0.5) is 0 Å². The van der Waals surface area contributed by atoms with Gasteiger partial charge in [-0.05, 0) is 24.6 Å². The number of amides is 1. The summed E-state index contributed by atoms with van der Waals surface area (Å²) >= 11 is 0. The molecule has 1 amide bonds. The Hall–Kier alpha value is -3.69. The first-order valence-corrected chi connectivity index (χ1v) is 10.4. The maximum Gasteiger partial charge on any atom is 0.271 e. The van der Waals surface area contributed by atoms with Gasteiger partial charge in [-0.3, -0.25) is 14.4 Å². The Morgan fingerprint density at radius 1 is 1.23 bits per heavy atom. The first-order valence-electron chi connectivity index (χ1n) is 10.4. The number of ether oxygens (including phenoxy) is 1. The molecule has 0 fully saturated rings. The van der Waals surface area contributed by atoms with Gasteiger partial charge in [-0.1, -0.05) is 43.2 Å². The fraction of sp³-hybridized carbons (Fsp3) is 0.240. The molecule has 1 N–H and O–H groups in total. The van der Waals surface area contributed by atoms with E-state index in [-0.39, 0.29) is 5.91 Å². The highest BCUT2D eigenvalue weighted by atomic mass is 16.5. The second-order valence-corrected chi connectivity index (χ2v) is 7.19. The second-order valence-electron chi connectivity index (χ2n) is 7.19. The van der Waals surface area contributed by atoms with Gasteiger partial charge in [-0.25, -0.2) is 4.98 Å². The number of terminal acetylenes is 1. The number of carbonyl (C=O) groups excluding carboxylic acids is 1. The lowest BCUT2D eigenvalue weighted by molar-refractivity contribution is 0.0910. The molecule has 3 aromatic rings. The molecule has 6 nitrogen and oxygen atoms in total. The van der Waals surface area contributed by atoms with Crippen molar-refractivity contribution in [1.29, 1.82) is 0 Å². The van der Waals surface area contributed by atoms with E-state index in [0.717, 1.165) is 40.2 Å². The molecular formula is C25H24N4O2. The standard InChI is InChI=1S/C25H24N4O2/c1-3-13-31-14-12-26-25(30)24-22-16-27-23(19-8-6-5-7-9-19)20-15-18(4-2)10-11-21(20)29(22)17-28-24/h2,5-11,15,17H,3,12-14,16H2,1H3,(H,26,30). The van der Waals surface area contributed by atoms with Gasteiger partial charge < -0.3 is 10.1 Å². The summed E-state index contributed by atoms with van der Waals surface area (Å²) < 4.78 is 7.36. The van der Waals surface area contributed by atoms with E-state index < -0.39 is 0 Å². The molecule has 6 heteroatoms. The van der Waals surface area contributed by atoms with Crippen molar-refractivity contribution in [3.05, 3.63) is 82.9 Å². The summed E-state index contributed by atoms with van der Waals surface area (Å²) in [6.45, 7) is 3.98. The summed E-state index contributed by atoms with van der Waals surface area (Å²) in [6, 6.07) is 15.8. The van der Waals surface area contributed by atoms with E-state index in [9.17, 15) is 4.79 Å². The monoisotopic (exact) mass is 412 g/mol. The molecule has 1 aromatic heterocycles. The Balaban J connectivity index is 1.70. The number of aromatic nitrogens is 2. The fourth-order valence-corrected chi connectivity index (χ4v) is 3.60. The van der Waals surface area contributed by atoms with Gasteiger partial charge in [0, 0.05) is 29.8 Å². The predicted molar refractivity (Wildman–Crippen MR) is 121 cm³/mol. The summed E-state index contributed by atoms with van der Waals surface area (Å²) in [7, 11) is 0. The molecule has 0 unspecified atom stereocenters. The fourth-order valence-electron chi connectivity index (χ4n) is 3.60. The summed E-state index contributed by atoms with van der Waals surface area (Å²) in [5.74, 6) is 2.47. The van der Waals surface area contributed by atoms with Crippen molar-refractivity contribution in [2.75, 3.05) is 19.8 Å². The van der Waals surface area contributed by atoms with Crippen LogP contribution in [0, 0.1) is 12.3 Å². The van der Waals surface area contributed by atoms with Gasteiger partial charge in [0.05, 0.1) is 30.2 Å². The van der Waals surface area contributed by atoms with Gasteiger partial charge in [0.25, 0.3) is 5.91 Å². The summed E-state index contributed by atoms with van der Waals surface area (Å²) in [6.07, 6.45) is 8.28. The Morgan fingerprint density at radius 3 is 2.84 bits per heavy atom. The van der Waals surface area contributed by atoms with Gasteiger partial charge in [-0.2, -0.15) is 0 Å². The maximum atomic E-state index is 12.8. The molecule has 1 aliphatic heterocycles. The molecule has 1 aliphatic rings. The van der Waals surface area contributed by atoms with Crippen molar-refractivity contribution in [3.8, 4) is 18.0 Å². The van der Waals surface area contributed by atoms with Crippen LogP contribution in [0.1, 0.15) is 46.2 Å². The molecule has 4 rings (SSSR count). The Labute approximate surface area is 182 Å². The van der Waals surface area contributed by atoms with E-state index >= 15 is 0 Å². The third-order valence-electron chi connectivity index (χ3n) is 5.07. The van der Waals surface area contributed by atoms with Crippen LogP contribution < -0.4 is 5.32 Å². The number of hydrogen-bond donors (Lipinski definition) is 1. The van der Waals surface area contributed by atoms with E-state index in [0.29, 0.717) is 32.0 Å². The van der Waals surface area contributed by atoms with E-state index in [1.807, 2.05) is 60.0 Å². The number of imidazole rings is 1. The van der Waals surface area contributed by atoms with Crippen molar-refractivity contribution >= 4 is 11.6 Å². The highest BCUT2D eigenvalue weighted by Gasteiger charge is 2.24. The van der Waals surface area contributed by atoms with Crippen LogP contribution in [-0.4, -0.2) is 40.9 Å². The molecule has 0 radical (unpaired) electrons. The molecule has 2 heterocycles. The largest absolute Gasteiger partial charge is 0.380 e. The summed E-state index contributed by atoms with van der Waals surface area (Å²) in [4.78, 5) is 22.0. The minimum Gasteiger partial charge on any atom is -0.380 e. The van der Waals surface area contributed by atoms with Crippen LogP contribution in [0.5, 0.6) is 0 Å². The van der Waals surface area contributed by atoms with Crippen LogP contribution in [0.3, 0.4) is 0 Å². The average molecular weight is 412 g/mol. The normalized spacial score (nSPS) is 12.2. The number of nitrogens with zero attached hydrogens (tertiary/aromatic N) is 3. The zero-order valence-electron chi connectivity index (χ0n) is 17.5. The molecule has 0 spiro atoms. The Kier molecular flexibility index (Phi) is 6.25. The molecule has 0 bridgehead atoms. The molecule has 2 aromatic carbocycles. The number of fused-ring (bicyclic) bond motifs is 3. The zero-order valence-corrected chi connectivity index (χ0v) is 17.5. The third kappa shape index (κ3) is 4.27. The number of carbonyl (C=O) groups is 1. The number of benzene rings is 2. The first-order chi connectivity index (χ1) is 15.2. The van der Waals surface area contributed by atoms with Crippen LogP contribution in [0.25, 0.3) is 5.69 Å². The number of rotatable bonds is 7. The van der Waals surface area contributed by atoms with Crippen LogP contribution >= 0.6 is 0 Å². The second kappa shape index (κ2) is 9.41. The number of hydrogen-bond acceptors (Lipinski definition) is 4.